The van der Waals surface area contributed by atoms with E-state index in [1.807, 2.05) is 0 Å². The van der Waals surface area contributed by atoms with Gasteiger partial charge in [0.15, 0.2) is 0 Å². The van der Waals surface area contributed by atoms with Gasteiger partial charge in [-0.25, -0.2) is 0 Å². The second-order valence-electron chi connectivity index (χ2n) is 4.77. The molecule has 6 heteroatoms. The third-order valence-electron chi connectivity index (χ3n) is 3.05. The average molecular weight is 322 g/mol. The fraction of sp³-hybridized carbons (Fsp3) is 0.417. The summed E-state index contributed by atoms with van der Waals surface area (Å²) < 4.78 is 38.2. The molecule has 1 aliphatic heterocycles. The third kappa shape index (κ3) is 2.02. The molecule has 0 fully saturated rings. The molecule has 1 amide bonds. The van der Waals surface area contributed by atoms with Crippen molar-refractivity contribution in [2.45, 2.75) is 25.4 Å². The maximum Gasteiger partial charge on any atom is 0.406 e. The second kappa shape index (κ2) is 3.98. The molecule has 0 aliphatic carbocycles. The summed E-state index contributed by atoms with van der Waals surface area (Å²) in [4.78, 5) is 12.9. The van der Waals surface area contributed by atoms with E-state index in [1.165, 1.54) is 0 Å². The zero-order chi connectivity index (χ0) is 13.7. The van der Waals surface area contributed by atoms with Gasteiger partial charge in [0.05, 0.1) is 11.1 Å². The predicted molar refractivity (Wildman–Crippen MR) is 65.6 cm³/mol. The van der Waals surface area contributed by atoms with Crippen LogP contribution in [0.5, 0.6) is 0 Å². The molecule has 2 rings (SSSR count). The van der Waals surface area contributed by atoms with Crippen LogP contribution in [0.3, 0.4) is 0 Å². The molecule has 0 radical (unpaired) electrons. The summed E-state index contributed by atoms with van der Waals surface area (Å²) in [6.07, 6.45) is -4.41. The Labute approximate surface area is 111 Å². The van der Waals surface area contributed by atoms with Crippen molar-refractivity contribution in [3.63, 3.8) is 0 Å². The van der Waals surface area contributed by atoms with Gasteiger partial charge in [-0.3, -0.25) is 4.79 Å². The van der Waals surface area contributed by atoms with Crippen molar-refractivity contribution in [1.29, 1.82) is 0 Å². The zero-order valence-electron chi connectivity index (χ0n) is 9.81. The highest BCUT2D eigenvalue weighted by molar-refractivity contribution is 9.10. The fourth-order valence-corrected chi connectivity index (χ4v) is 2.76. The summed E-state index contributed by atoms with van der Waals surface area (Å²) in [5.74, 6) is -0.526. The van der Waals surface area contributed by atoms with Crippen LogP contribution in [0, 0.1) is 0 Å². The van der Waals surface area contributed by atoms with Crippen LogP contribution in [0.2, 0.25) is 0 Å². The predicted octanol–water partition coefficient (Wildman–Crippen LogP) is 3.64. The number of fused-ring (bicyclic) bond motifs is 1. The van der Waals surface area contributed by atoms with Crippen LogP contribution in [-0.2, 0) is 10.2 Å². The standard InChI is InChI=1S/C12H11BrF3NO/c1-11(2)7-4-3-5-8(13)9(7)17(10(11)18)6-12(14,15)16/h3-5H,6H2,1-2H3. The van der Waals surface area contributed by atoms with Crippen LogP contribution in [-0.4, -0.2) is 18.6 Å². The van der Waals surface area contributed by atoms with Crippen LogP contribution in [0.15, 0.2) is 22.7 Å². The normalized spacial score (nSPS) is 18.1. The van der Waals surface area contributed by atoms with E-state index >= 15 is 0 Å². The first-order valence-electron chi connectivity index (χ1n) is 5.32. The molecular formula is C12H11BrF3NO. The zero-order valence-corrected chi connectivity index (χ0v) is 11.4. The highest BCUT2D eigenvalue weighted by atomic mass is 79.9. The molecule has 0 N–H and O–H groups in total. The summed E-state index contributed by atoms with van der Waals surface area (Å²) in [5.41, 5.74) is 0.0145. The van der Waals surface area contributed by atoms with Crippen LogP contribution < -0.4 is 4.90 Å². The van der Waals surface area contributed by atoms with Gasteiger partial charge in [-0.15, -0.1) is 0 Å². The van der Waals surface area contributed by atoms with E-state index in [1.54, 1.807) is 32.0 Å². The first kappa shape index (κ1) is 13.4. The Balaban J connectivity index is 2.56. The van der Waals surface area contributed by atoms with Crippen molar-refractivity contribution < 1.29 is 18.0 Å². The third-order valence-corrected chi connectivity index (χ3v) is 3.69. The van der Waals surface area contributed by atoms with Crippen molar-refractivity contribution in [3.05, 3.63) is 28.2 Å². The van der Waals surface area contributed by atoms with E-state index in [2.05, 4.69) is 15.9 Å². The molecule has 0 spiro atoms. The van der Waals surface area contributed by atoms with E-state index < -0.39 is 24.0 Å². The molecule has 2 nitrogen and oxygen atoms in total. The van der Waals surface area contributed by atoms with Crippen LogP contribution in [0.25, 0.3) is 0 Å². The van der Waals surface area contributed by atoms with E-state index in [-0.39, 0.29) is 0 Å². The van der Waals surface area contributed by atoms with Crippen molar-refractivity contribution in [2.24, 2.45) is 0 Å². The van der Waals surface area contributed by atoms with Gasteiger partial charge < -0.3 is 4.90 Å². The van der Waals surface area contributed by atoms with E-state index in [0.717, 1.165) is 4.90 Å². The van der Waals surface area contributed by atoms with Crippen molar-refractivity contribution >= 4 is 27.5 Å². The SMILES string of the molecule is CC1(C)C(=O)N(CC(F)(F)F)c2c(Br)cccc21. The van der Waals surface area contributed by atoms with Crippen molar-refractivity contribution in [2.75, 3.05) is 11.4 Å². The quantitative estimate of drug-likeness (QED) is 0.773. The molecular weight excluding hydrogens is 311 g/mol. The molecule has 0 unspecified atom stereocenters. The van der Waals surface area contributed by atoms with Crippen molar-refractivity contribution in [1.82, 2.24) is 0 Å². The average Bonchev–Trinajstić information content (AvgIpc) is 2.40. The molecule has 18 heavy (non-hydrogen) atoms. The van der Waals surface area contributed by atoms with Gasteiger partial charge in [0.2, 0.25) is 5.91 Å². The summed E-state index contributed by atoms with van der Waals surface area (Å²) in [6, 6.07) is 5.04. The number of amides is 1. The Morgan fingerprint density at radius 3 is 2.50 bits per heavy atom. The van der Waals surface area contributed by atoms with E-state index in [9.17, 15) is 18.0 Å². The Hall–Kier alpha value is -1.04. The first-order valence-corrected chi connectivity index (χ1v) is 6.11. The lowest BCUT2D eigenvalue weighted by Crippen LogP contribution is -2.41. The van der Waals surface area contributed by atoms with Crippen LogP contribution >= 0.6 is 15.9 Å². The molecule has 0 saturated heterocycles. The molecule has 1 aromatic carbocycles. The lowest BCUT2D eigenvalue weighted by molar-refractivity contribution is -0.134. The molecule has 0 saturated carbocycles. The number of alkyl halides is 3. The van der Waals surface area contributed by atoms with E-state index in [0.29, 0.717) is 15.7 Å². The van der Waals surface area contributed by atoms with Gasteiger partial charge in [-0.1, -0.05) is 12.1 Å². The minimum Gasteiger partial charge on any atom is -0.301 e. The molecule has 0 aromatic heterocycles. The van der Waals surface area contributed by atoms with E-state index in [4.69, 9.17) is 0 Å². The highest BCUT2D eigenvalue weighted by Gasteiger charge is 2.48. The van der Waals surface area contributed by atoms with Gasteiger partial charge in [0.25, 0.3) is 0 Å². The molecule has 0 atom stereocenters. The Morgan fingerprint density at radius 2 is 1.94 bits per heavy atom. The minimum atomic E-state index is -4.41. The number of anilines is 1. The Kier molecular flexibility index (Phi) is 2.96. The van der Waals surface area contributed by atoms with Gasteiger partial charge in [-0.05, 0) is 41.4 Å². The number of para-hydroxylation sites is 1. The summed E-state index contributed by atoms with van der Waals surface area (Å²) in [5, 5.41) is 0. The number of hydrogen-bond donors (Lipinski definition) is 0. The monoisotopic (exact) mass is 321 g/mol. The number of nitrogens with zero attached hydrogens (tertiary/aromatic N) is 1. The molecule has 1 heterocycles. The number of halogens is 4. The lowest BCUT2D eigenvalue weighted by Gasteiger charge is -2.22. The molecule has 1 aliphatic rings. The van der Waals surface area contributed by atoms with Crippen LogP contribution in [0.1, 0.15) is 19.4 Å². The van der Waals surface area contributed by atoms with Gasteiger partial charge >= 0.3 is 6.18 Å². The number of carbonyl (C=O) groups excluding carboxylic acids is 1. The van der Waals surface area contributed by atoms with Crippen molar-refractivity contribution in [3.8, 4) is 0 Å². The summed E-state index contributed by atoms with van der Waals surface area (Å²) in [7, 11) is 0. The highest BCUT2D eigenvalue weighted by Crippen LogP contribution is 2.46. The second-order valence-corrected chi connectivity index (χ2v) is 5.62. The lowest BCUT2D eigenvalue weighted by atomic mass is 9.86. The van der Waals surface area contributed by atoms with Gasteiger partial charge in [-0.2, -0.15) is 13.2 Å². The van der Waals surface area contributed by atoms with Gasteiger partial charge in [0.1, 0.15) is 6.54 Å². The smallest absolute Gasteiger partial charge is 0.301 e. The summed E-state index contributed by atoms with van der Waals surface area (Å²) >= 11 is 3.21. The number of benzene rings is 1. The number of hydrogen-bond acceptors (Lipinski definition) is 1. The number of carbonyl (C=O) groups is 1. The minimum absolute atomic E-state index is 0.324. The van der Waals surface area contributed by atoms with Crippen LogP contribution in [0.4, 0.5) is 18.9 Å². The summed E-state index contributed by atoms with van der Waals surface area (Å²) in [6.45, 7) is 2.01. The van der Waals surface area contributed by atoms with Gasteiger partial charge in [0, 0.05) is 4.47 Å². The largest absolute Gasteiger partial charge is 0.406 e. The maximum atomic E-state index is 12.5. The molecule has 1 aromatic rings. The fourth-order valence-electron chi connectivity index (χ4n) is 2.18. The Bertz CT molecular complexity index is 511. The Morgan fingerprint density at radius 1 is 1.33 bits per heavy atom. The topological polar surface area (TPSA) is 20.3 Å². The first-order chi connectivity index (χ1) is 8.14. The molecule has 0 bridgehead atoms. The maximum absolute atomic E-state index is 12.5. The number of rotatable bonds is 1. The molecule has 98 valence electrons.